The number of hydrogen-bond donors (Lipinski definition) is 1. The lowest BCUT2D eigenvalue weighted by Gasteiger charge is -2.09. The summed E-state index contributed by atoms with van der Waals surface area (Å²) >= 11 is 0. The average molecular weight is 193 g/mol. The van der Waals surface area contributed by atoms with E-state index in [-0.39, 0.29) is 0 Å². The van der Waals surface area contributed by atoms with Gasteiger partial charge in [0.05, 0.1) is 5.69 Å². The van der Waals surface area contributed by atoms with Gasteiger partial charge in [0.2, 0.25) is 5.95 Å². The fourth-order valence-corrected chi connectivity index (χ4v) is 1.26. The maximum atomic E-state index is 4.41. The van der Waals surface area contributed by atoms with Gasteiger partial charge in [-0.2, -0.15) is 0 Å². The Hall–Kier alpha value is -1.25. The summed E-state index contributed by atoms with van der Waals surface area (Å²) < 4.78 is 2.07. The molecule has 3 heteroatoms. The Kier molecular flexibility index (Phi) is 3.74. The summed E-state index contributed by atoms with van der Waals surface area (Å²) in [7, 11) is 0. The minimum atomic E-state index is 0.629. The molecule has 3 nitrogen and oxygen atoms in total. The summed E-state index contributed by atoms with van der Waals surface area (Å²) in [4.78, 5) is 4.41. The number of aromatic nitrogens is 2. The monoisotopic (exact) mass is 193 g/mol. The van der Waals surface area contributed by atoms with Crippen LogP contribution >= 0.6 is 0 Å². The highest BCUT2D eigenvalue weighted by atomic mass is 15.2. The molecule has 0 bridgehead atoms. The van der Waals surface area contributed by atoms with Crippen molar-refractivity contribution in [1.82, 2.24) is 9.55 Å². The van der Waals surface area contributed by atoms with Crippen molar-refractivity contribution >= 4 is 5.95 Å². The van der Waals surface area contributed by atoms with Crippen molar-refractivity contribution in [2.75, 3.05) is 11.9 Å². The number of nitrogens with one attached hydrogen (secondary N) is 1. The molecule has 1 N–H and O–H groups in total. The quantitative estimate of drug-likeness (QED) is 0.728. The van der Waals surface area contributed by atoms with E-state index in [1.165, 1.54) is 0 Å². The first-order valence-electron chi connectivity index (χ1n) is 5.02. The third kappa shape index (κ3) is 2.91. The van der Waals surface area contributed by atoms with E-state index in [2.05, 4.69) is 35.3 Å². The standard InChI is InChI=1S/C11H19N3/c1-5-6-14-8-10(4)13-11(14)12-7-9(2)3/h5,8-9H,1,6-7H2,2-4H3,(H,12,13). The van der Waals surface area contributed by atoms with Crippen molar-refractivity contribution < 1.29 is 0 Å². The van der Waals surface area contributed by atoms with Crippen LogP contribution in [-0.4, -0.2) is 16.1 Å². The average Bonchev–Trinajstić information content (AvgIpc) is 2.44. The van der Waals surface area contributed by atoms with Crippen LogP contribution in [0.2, 0.25) is 0 Å². The van der Waals surface area contributed by atoms with Crippen LogP contribution in [0.15, 0.2) is 18.9 Å². The van der Waals surface area contributed by atoms with Crippen LogP contribution in [0, 0.1) is 12.8 Å². The predicted molar refractivity (Wildman–Crippen MR) is 60.5 cm³/mol. The zero-order valence-electron chi connectivity index (χ0n) is 9.25. The molecular formula is C11H19N3. The summed E-state index contributed by atoms with van der Waals surface area (Å²) in [6, 6.07) is 0. The Balaban J connectivity index is 2.68. The van der Waals surface area contributed by atoms with Gasteiger partial charge in [-0.1, -0.05) is 19.9 Å². The smallest absolute Gasteiger partial charge is 0.203 e. The van der Waals surface area contributed by atoms with Crippen LogP contribution in [0.5, 0.6) is 0 Å². The number of nitrogens with zero attached hydrogens (tertiary/aromatic N) is 2. The lowest BCUT2D eigenvalue weighted by molar-refractivity contribution is 0.677. The van der Waals surface area contributed by atoms with E-state index in [9.17, 15) is 0 Å². The molecule has 1 rings (SSSR count). The summed E-state index contributed by atoms with van der Waals surface area (Å²) in [6.07, 6.45) is 3.91. The van der Waals surface area contributed by atoms with Crippen LogP contribution < -0.4 is 5.32 Å². The van der Waals surface area contributed by atoms with E-state index in [0.29, 0.717) is 5.92 Å². The third-order valence-electron chi connectivity index (χ3n) is 1.89. The molecule has 0 radical (unpaired) electrons. The second-order valence-electron chi connectivity index (χ2n) is 3.92. The molecule has 14 heavy (non-hydrogen) atoms. The van der Waals surface area contributed by atoms with Gasteiger partial charge in [0.15, 0.2) is 0 Å². The Bertz CT molecular complexity index is 299. The molecule has 1 aromatic rings. The molecule has 1 aromatic heterocycles. The molecular weight excluding hydrogens is 174 g/mol. The normalized spacial score (nSPS) is 10.6. The summed E-state index contributed by atoms with van der Waals surface area (Å²) in [6.45, 7) is 11.8. The van der Waals surface area contributed by atoms with Crippen molar-refractivity contribution in [1.29, 1.82) is 0 Å². The zero-order valence-corrected chi connectivity index (χ0v) is 9.25. The number of allylic oxidation sites excluding steroid dienone is 1. The summed E-state index contributed by atoms with van der Waals surface area (Å²) in [5, 5.41) is 3.32. The SMILES string of the molecule is C=CCn1cc(C)nc1NCC(C)C. The lowest BCUT2D eigenvalue weighted by atomic mass is 10.2. The largest absolute Gasteiger partial charge is 0.355 e. The van der Waals surface area contributed by atoms with Gasteiger partial charge in [-0.15, -0.1) is 6.58 Å². The van der Waals surface area contributed by atoms with Crippen LogP contribution in [0.25, 0.3) is 0 Å². The third-order valence-corrected chi connectivity index (χ3v) is 1.89. The van der Waals surface area contributed by atoms with E-state index in [4.69, 9.17) is 0 Å². The molecule has 0 fully saturated rings. The first-order chi connectivity index (χ1) is 6.63. The second-order valence-corrected chi connectivity index (χ2v) is 3.92. The van der Waals surface area contributed by atoms with Crippen LogP contribution in [0.4, 0.5) is 5.95 Å². The number of anilines is 1. The highest BCUT2D eigenvalue weighted by molar-refractivity contribution is 5.29. The molecule has 0 aliphatic rings. The van der Waals surface area contributed by atoms with Gasteiger partial charge in [0.1, 0.15) is 0 Å². The van der Waals surface area contributed by atoms with Crippen LogP contribution in [0.1, 0.15) is 19.5 Å². The molecule has 0 spiro atoms. The first kappa shape index (κ1) is 10.8. The fourth-order valence-electron chi connectivity index (χ4n) is 1.26. The van der Waals surface area contributed by atoms with Crippen molar-refractivity contribution in [2.45, 2.75) is 27.3 Å². The van der Waals surface area contributed by atoms with Crippen molar-refractivity contribution in [3.63, 3.8) is 0 Å². The Morgan fingerprint density at radius 2 is 2.36 bits per heavy atom. The van der Waals surface area contributed by atoms with E-state index in [1.807, 2.05) is 19.2 Å². The maximum Gasteiger partial charge on any atom is 0.203 e. The minimum Gasteiger partial charge on any atom is -0.355 e. The van der Waals surface area contributed by atoms with E-state index in [1.54, 1.807) is 0 Å². The second kappa shape index (κ2) is 4.84. The molecule has 0 unspecified atom stereocenters. The number of rotatable bonds is 5. The topological polar surface area (TPSA) is 29.9 Å². The van der Waals surface area contributed by atoms with Crippen molar-refractivity contribution in [3.8, 4) is 0 Å². The molecule has 0 aliphatic carbocycles. The number of aryl methyl sites for hydroxylation is 1. The highest BCUT2D eigenvalue weighted by Crippen LogP contribution is 2.09. The van der Waals surface area contributed by atoms with Gasteiger partial charge in [-0.25, -0.2) is 4.98 Å². The van der Waals surface area contributed by atoms with Gasteiger partial charge < -0.3 is 9.88 Å². The van der Waals surface area contributed by atoms with Crippen LogP contribution in [0.3, 0.4) is 0 Å². The first-order valence-corrected chi connectivity index (χ1v) is 5.02. The van der Waals surface area contributed by atoms with E-state index >= 15 is 0 Å². The highest BCUT2D eigenvalue weighted by Gasteiger charge is 2.03. The van der Waals surface area contributed by atoms with E-state index < -0.39 is 0 Å². The van der Waals surface area contributed by atoms with Gasteiger partial charge in [-0.05, 0) is 12.8 Å². The Labute approximate surface area is 85.8 Å². The summed E-state index contributed by atoms with van der Waals surface area (Å²) in [5.74, 6) is 1.57. The molecule has 0 atom stereocenters. The van der Waals surface area contributed by atoms with Crippen LogP contribution in [-0.2, 0) is 6.54 Å². The Morgan fingerprint density at radius 1 is 1.64 bits per heavy atom. The van der Waals surface area contributed by atoms with Crippen molar-refractivity contribution in [2.24, 2.45) is 5.92 Å². The zero-order chi connectivity index (χ0) is 10.6. The number of hydrogen-bond acceptors (Lipinski definition) is 2. The van der Waals surface area contributed by atoms with Gasteiger partial charge in [0, 0.05) is 19.3 Å². The number of imidazole rings is 1. The molecule has 0 saturated carbocycles. The summed E-state index contributed by atoms with van der Waals surface area (Å²) in [5.41, 5.74) is 1.04. The molecule has 1 heterocycles. The maximum absolute atomic E-state index is 4.41. The molecule has 0 aromatic carbocycles. The molecule has 0 aliphatic heterocycles. The predicted octanol–water partition coefficient (Wildman–Crippen LogP) is 2.45. The van der Waals surface area contributed by atoms with Gasteiger partial charge in [0.25, 0.3) is 0 Å². The van der Waals surface area contributed by atoms with Gasteiger partial charge >= 0.3 is 0 Å². The molecule has 0 saturated heterocycles. The fraction of sp³-hybridized carbons (Fsp3) is 0.545. The molecule has 78 valence electrons. The van der Waals surface area contributed by atoms with Crippen molar-refractivity contribution in [3.05, 3.63) is 24.5 Å². The lowest BCUT2D eigenvalue weighted by Crippen LogP contribution is -2.12. The minimum absolute atomic E-state index is 0.629. The molecule has 0 amide bonds. The Morgan fingerprint density at radius 3 is 2.93 bits per heavy atom. The van der Waals surface area contributed by atoms with E-state index in [0.717, 1.165) is 24.7 Å². The van der Waals surface area contributed by atoms with Gasteiger partial charge in [-0.3, -0.25) is 0 Å².